The van der Waals surface area contributed by atoms with E-state index in [2.05, 4.69) is 25.1 Å². The lowest BCUT2D eigenvalue weighted by Gasteiger charge is -1.97. The standard InChI is InChI=1S/C9H10O.C8H8O2.2C2H6/c1-7-2-3-9-8(6-7)4-5-10-9;1-6-2-3-7-8(4-6)10-5-9-7;2*1-2/h2-3,6H,4-5H2,1H3;2-4H,5H2,1H3;2*1-2H3. The summed E-state index contributed by atoms with van der Waals surface area (Å²) in [7, 11) is 0. The van der Waals surface area contributed by atoms with Crippen LogP contribution < -0.4 is 14.2 Å². The molecule has 0 amide bonds. The lowest BCUT2D eigenvalue weighted by molar-refractivity contribution is 0.174. The minimum atomic E-state index is 0.360. The van der Waals surface area contributed by atoms with E-state index in [4.69, 9.17) is 14.2 Å². The Morgan fingerprint density at radius 2 is 1.25 bits per heavy atom. The molecule has 0 saturated carbocycles. The summed E-state index contributed by atoms with van der Waals surface area (Å²) in [6.45, 7) is 13.4. The van der Waals surface area contributed by atoms with Crippen LogP contribution in [0.2, 0.25) is 0 Å². The Morgan fingerprint density at radius 3 is 1.96 bits per heavy atom. The molecule has 24 heavy (non-hydrogen) atoms. The van der Waals surface area contributed by atoms with Gasteiger partial charge in [-0.25, -0.2) is 0 Å². The molecule has 3 nitrogen and oxygen atoms in total. The van der Waals surface area contributed by atoms with Gasteiger partial charge in [0.1, 0.15) is 5.75 Å². The van der Waals surface area contributed by atoms with Gasteiger partial charge in [-0.15, -0.1) is 0 Å². The second-order valence-corrected chi connectivity index (χ2v) is 5.07. The third kappa shape index (κ3) is 5.48. The maximum absolute atomic E-state index is 5.35. The maximum atomic E-state index is 5.35. The molecule has 0 aliphatic carbocycles. The largest absolute Gasteiger partial charge is 0.493 e. The van der Waals surface area contributed by atoms with Gasteiger partial charge in [0.15, 0.2) is 11.5 Å². The smallest absolute Gasteiger partial charge is 0.231 e. The van der Waals surface area contributed by atoms with Gasteiger partial charge in [0.2, 0.25) is 6.79 Å². The number of ether oxygens (including phenoxy) is 3. The van der Waals surface area contributed by atoms with Gasteiger partial charge in [-0.3, -0.25) is 0 Å². The van der Waals surface area contributed by atoms with Crippen LogP contribution in [0.4, 0.5) is 0 Å². The second kappa shape index (κ2) is 10.6. The first kappa shape index (κ1) is 19.9. The Bertz CT molecular complexity index is 565. The monoisotopic (exact) mass is 330 g/mol. The normalized spacial score (nSPS) is 12.2. The summed E-state index contributed by atoms with van der Waals surface area (Å²) in [6.07, 6.45) is 1.08. The maximum Gasteiger partial charge on any atom is 0.231 e. The molecule has 2 aromatic carbocycles. The van der Waals surface area contributed by atoms with Crippen molar-refractivity contribution in [3.8, 4) is 17.2 Å². The molecule has 0 aromatic heterocycles. The molecule has 3 heteroatoms. The van der Waals surface area contributed by atoms with Crippen LogP contribution in [0.1, 0.15) is 44.4 Å². The number of hydrogen-bond donors (Lipinski definition) is 0. The van der Waals surface area contributed by atoms with Crippen molar-refractivity contribution in [3.05, 3.63) is 53.1 Å². The van der Waals surface area contributed by atoms with E-state index in [1.165, 1.54) is 16.7 Å². The Labute approximate surface area is 146 Å². The average molecular weight is 330 g/mol. The molecule has 0 spiro atoms. The average Bonchev–Trinajstić information content (AvgIpc) is 3.27. The van der Waals surface area contributed by atoms with E-state index in [1.54, 1.807) is 0 Å². The lowest BCUT2D eigenvalue weighted by Crippen LogP contribution is -1.92. The van der Waals surface area contributed by atoms with E-state index in [-0.39, 0.29) is 0 Å². The van der Waals surface area contributed by atoms with E-state index in [0.717, 1.165) is 30.3 Å². The number of benzene rings is 2. The predicted octanol–water partition coefficient (Wildman–Crippen LogP) is 5.71. The summed E-state index contributed by atoms with van der Waals surface area (Å²) < 4.78 is 15.6. The zero-order valence-electron chi connectivity index (χ0n) is 15.8. The number of aryl methyl sites for hydroxylation is 2. The Balaban J connectivity index is 0.000000199. The van der Waals surface area contributed by atoms with Gasteiger partial charge in [-0.2, -0.15) is 0 Å². The fraction of sp³-hybridized carbons (Fsp3) is 0.429. The molecule has 2 aromatic rings. The van der Waals surface area contributed by atoms with Crippen LogP contribution in [0.5, 0.6) is 17.2 Å². The van der Waals surface area contributed by atoms with Crippen molar-refractivity contribution in [2.45, 2.75) is 48.0 Å². The molecule has 0 atom stereocenters. The van der Waals surface area contributed by atoms with Gasteiger partial charge in [-0.1, -0.05) is 51.5 Å². The molecule has 0 fully saturated rings. The van der Waals surface area contributed by atoms with Crippen molar-refractivity contribution in [2.75, 3.05) is 13.4 Å². The van der Waals surface area contributed by atoms with Crippen molar-refractivity contribution in [2.24, 2.45) is 0 Å². The highest BCUT2D eigenvalue weighted by atomic mass is 16.7. The molecule has 132 valence electrons. The van der Waals surface area contributed by atoms with E-state index >= 15 is 0 Å². The number of rotatable bonds is 0. The first-order chi connectivity index (χ1) is 11.7. The highest BCUT2D eigenvalue weighted by Crippen LogP contribution is 2.32. The molecule has 0 unspecified atom stereocenters. The van der Waals surface area contributed by atoms with Gasteiger partial charge < -0.3 is 14.2 Å². The summed E-state index contributed by atoms with van der Waals surface area (Å²) in [4.78, 5) is 0. The molecular formula is C21H30O3. The Morgan fingerprint density at radius 1 is 0.667 bits per heavy atom. The van der Waals surface area contributed by atoms with Crippen molar-refractivity contribution in [3.63, 3.8) is 0 Å². The van der Waals surface area contributed by atoms with Crippen LogP contribution in [0.15, 0.2) is 36.4 Å². The number of hydrogen-bond acceptors (Lipinski definition) is 3. The lowest BCUT2D eigenvalue weighted by atomic mass is 10.1. The van der Waals surface area contributed by atoms with Gasteiger partial charge >= 0.3 is 0 Å². The summed E-state index contributed by atoms with van der Waals surface area (Å²) in [5, 5.41) is 0. The molecule has 0 N–H and O–H groups in total. The van der Waals surface area contributed by atoms with Crippen molar-refractivity contribution >= 4 is 0 Å². The minimum absolute atomic E-state index is 0.360. The topological polar surface area (TPSA) is 27.7 Å². The highest BCUT2D eigenvalue weighted by Gasteiger charge is 2.11. The van der Waals surface area contributed by atoms with Gasteiger partial charge in [0, 0.05) is 6.42 Å². The van der Waals surface area contributed by atoms with Crippen LogP contribution in [-0.4, -0.2) is 13.4 Å². The zero-order chi connectivity index (χ0) is 17.9. The van der Waals surface area contributed by atoms with Gasteiger partial charge in [0.05, 0.1) is 6.61 Å². The predicted molar refractivity (Wildman–Crippen MR) is 100 cm³/mol. The van der Waals surface area contributed by atoms with E-state index in [9.17, 15) is 0 Å². The SMILES string of the molecule is CC.CC.Cc1ccc2c(c1)CCO2.Cc1ccc2c(c1)OCO2. The summed E-state index contributed by atoms with van der Waals surface area (Å²) >= 11 is 0. The van der Waals surface area contributed by atoms with Gasteiger partial charge in [0.25, 0.3) is 0 Å². The van der Waals surface area contributed by atoms with Gasteiger partial charge in [-0.05, 0) is 43.2 Å². The Kier molecular flexibility index (Phi) is 8.77. The van der Waals surface area contributed by atoms with Crippen LogP contribution in [-0.2, 0) is 6.42 Å². The van der Waals surface area contributed by atoms with Crippen LogP contribution in [0.25, 0.3) is 0 Å². The third-order valence-electron chi connectivity index (χ3n) is 3.37. The molecule has 2 aliphatic rings. The molecule has 0 saturated heterocycles. The Hall–Kier alpha value is -2.16. The fourth-order valence-corrected chi connectivity index (χ4v) is 2.32. The van der Waals surface area contributed by atoms with E-state index in [1.807, 2.05) is 52.8 Å². The number of fused-ring (bicyclic) bond motifs is 2. The highest BCUT2D eigenvalue weighted by molar-refractivity contribution is 5.44. The zero-order valence-corrected chi connectivity index (χ0v) is 15.8. The molecular weight excluding hydrogens is 300 g/mol. The third-order valence-corrected chi connectivity index (χ3v) is 3.37. The molecule has 0 radical (unpaired) electrons. The summed E-state index contributed by atoms with van der Waals surface area (Å²) in [5.41, 5.74) is 3.88. The van der Waals surface area contributed by atoms with Crippen molar-refractivity contribution < 1.29 is 14.2 Å². The summed E-state index contributed by atoms with van der Waals surface area (Å²) in [6, 6.07) is 12.2. The van der Waals surface area contributed by atoms with E-state index < -0.39 is 0 Å². The van der Waals surface area contributed by atoms with E-state index in [0.29, 0.717) is 6.79 Å². The quantitative estimate of drug-likeness (QED) is 0.619. The molecule has 4 rings (SSSR count). The minimum Gasteiger partial charge on any atom is -0.493 e. The van der Waals surface area contributed by atoms with Crippen LogP contribution in [0.3, 0.4) is 0 Å². The first-order valence-corrected chi connectivity index (χ1v) is 8.81. The fourth-order valence-electron chi connectivity index (χ4n) is 2.32. The van der Waals surface area contributed by atoms with Crippen molar-refractivity contribution in [1.82, 2.24) is 0 Å². The van der Waals surface area contributed by atoms with Crippen LogP contribution >= 0.6 is 0 Å². The first-order valence-electron chi connectivity index (χ1n) is 8.81. The molecule has 2 heterocycles. The second-order valence-electron chi connectivity index (χ2n) is 5.07. The summed E-state index contributed by atoms with van der Waals surface area (Å²) in [5.74, 6) is 2.79. The molecule has 2 aliphatic heterocycles. The van der Waals surface area contributed by atoms with Crippen LogP contribution in [0, 0.1) is 13.8 Å². The molecule has 0 bridgehead atoms. The van der Waals surface area contributed by atoms with Crippen molar-refractivity contribution in [1.29, 1.82) is 0 Å².